The zero-order valence-corrected chi connectivity index (χ0v) is 13.6. The molecule has 1 atom stereocenters. The van der Waals surface area contributed by atoms with Gasteiger partial charge in [0.15, 0.2) is 0 Å². The first-order chi connectivity index (χ1) is 10.4. The lowest BCUT2D eigenvalue weighted by Crippen LogP contribution is -2.36. The van der Waals surface area contributed by atoms with Gasteiger partial charge in [0.1, 0.15) is 10.7 Å². The van der Waals surface area contributed by atoms with Gasteiger partial charge in [-0.2, -0.15) is 0 Å². The first kappa shape index (κ1) is 16.2. The molecule has 0 aromatic carbocycles. The van der Waals surface area contributed by atoms with Crippen LogP contribution in [0.2, 0.25) is 0 Å². The lowest BCUT2D eigenvalue weighted by molar-refractivity contribution is 0.0702. The predicted octanol–water partition coefficient (Wildman–Crippen LogP) is 2.33. The summed E-state index contributed by atoms with van der Waals surface area (Å²) in [6.07, 6.45) is 4.47. The fourth-order valence-electron chi connectivity index (χ4n) is 2.28. The van der Waals surface area contributed by atoms with Gasteiger partial charge in [-0.3, -0.25) is 4.79 Å². The van der Waals surface area contributed by atoms with Gasteiger partial charge >= 0.3 is 5.97 Å². The number of aryl methyl sites for hydroxylation is 2. The van der Waals surface area contributed by atoms with Crippen LogP contribution < -0.4 is 5.32 Å². The van der Waals surface area contributed by atoms with Crippen LogP contribution in [0.15, 0.2) is 18.5 Å². The van der Waals surface area contributed by atoms with Gasteiger partial charge in [0.05, 0.1) is 5.56 Å². The smallest absolute Gasteiger partial charge is 0.345 e. The van der Waals surface area contributed by atoms with Crippen molar-refractivity contribution < 1.29 is 14.7 Å². The van der Waals surface area contributed by atoms with E-state index in [0.29, 0.717) is 17.0 Å². The Morgan fingerprint density at radius 2 is 2.23 bits per heavy atom. The SMILES string of the molecule is CCc1nccn1CC(C)NC(=O)c1cc(C(=O)O)sc1C. The predicted molar refractivity (Wildman–Crippen MR) is 84.5 cm³/mol. The molecule has 2 heterocycles. The topological polar surface area (TPSA) is 84.2 Å². The molecule has 0 spiro atoms. The summed E-state index contributed by atoms with van der Waals surface area (Å²) < 4.78 is 2.01. The average Bonchev–Trinajstić information content (AvgIpc) is 3.04. The minimum atomic E-state index is -1.01. The second-order valence-electron chi connectivity index (χ2n) is 5.11. The summed E-state index contributed by atoms with van der Waals surface area (Å²) in [6, 6.07) is 1.35. The lowest BCUT2D eigenvalue weighted by Gasteiger charge is -2.16. The number of aromatic nitrogens is 2. The van der Waals surface area contributed by atoms with E-state index in [4.69, 9.17) is 5.11 Å². The molecule has 1 amide bonds. The molecule has 0 aliphatic carbocycles. The monoisotopic (exact) mass is 321 g/mol. The number of carbonyl (C=O) groups is 2. The van der Waals surface area contributed by atoms with Crippen molar-refractivity contribution in [3.8, 4) is 0 Å². The Kier molecular flexibility index (Phi) is 4.97. The number of nitrogens with zero attached hydrogens (tertiary/aromatic N) is 2. The van der Waals surface area contributed by atoms with Gasteiger partial charge in [0, 0.05) is 36.3 Å². The zero-order valence-electron chi connectivity index (χ0n) is 12.8. The Morgan fingerprint density at radius 3 is 2.82 bits per heavy atom. The molecule has 1 unspecified atom stereocenters. The highest BCUT2D eigenvalue weighted by Gasteiger charge is 2.18. The number of thiophene rings is 1. The molecule has 0 aliphatic heterocycles. The molecule has 22 heavy (non-hydrogen) atoms. The quantitative estimate of drug-likeness (QED) is 0.855. The van der Waals surface area contributed by atoms with Crippen molar-refractivity contribution in [2.75, 3.05) is 0 Å². The van der Waals surface area contributed by atoms with E-state index in [2.05, 4.69) is 10.3 Å². The van der Waals surface area contributed by atoms with Crippen molar-refractivity contribution >= 4 is 23.2 Å². The van der Waals surface area contributed by atoms with Crippen molar-refractivity contribution in [1.82, 2.24) is 14.9 Å². The Bertz CT molecular complexity index is 690. The summed E-state index contributed by atoms with van der Waals surface area (Å²) in [5, 5.41) is 11.9. The van der Waals surface area contributed by atoms with E-state index in [1.807, 2.05) is 24.6 Å². The van der Waals surface area contributed by atoms with Crippen LogP contribution in [-0.2, 0) is 13.0 Å². The van der Waals surface area contributed by atoms with E-state index in [1.165, 1.54) is 6.07 Å². The average molecular weight is 321 g/mol. The summed E-state index contributed by atoms with van der Waals surface area (Å²) in [4.78, 5) is 28.4. The summed E-state index contributed by atoms with van der Waals surface area (Å²) in [6.45, 7) is 6.33. The van der Waals surface area contributed by atoms with E-state index in [0.717, 1.165) is 23.6 Å². The number of carboxylic acids is 1. The Morgan fingerprint density at radius 1 is 1.50 bits per heavy atom. The second-order valence-corrected chi connectivity index (χ2v) is 6.37. The summed E-state index contributed by atoms with van der Waals surface area (Å²) in [5.41, 5.74) is 0.426. The van der Waals surface area contributed by atoms with Crippen molar-refractivity contribution in [3.05, 3.63) is 39.6 Å². The van der Waals surface area contributed by atoms with Crippen molar-refractivity contribution in [2.24, 2.45) is 0 Å². The molecule has 0 aliphatic rings. The summed E-state index contributed by atoms with van der Waals surface area (Å²) in [5.74, 6) is -0.279. The molecule has 2 aromatic heterocycles. The molecular weight excluding hydrogens is 302 g/mol. The van der Waals surface area contributed by atoms with Crippen LogP contribution in [0.1, 0.15) is 44.6 Å². The van der Waals surface area contributed by atoms with Crippen LogP contribution in [0.3, 0.4) is 0 Å². The number of nitrogens with one attached hydrogen (secondary N) is 1. The molecule has 2 N–H and O–H groups in total. The minimum absolute atomic E-state index is 0.0837. The first-order valence-electron chi connectivity index (χ1n) is 7.07. The number of imidazole rings is 1. The highest BCUT2D eigenvalue weighted by Crippen LogP contribution is 2.21. The summed E-state index contributed by atoms with van der Waals surface area (Å²) in [7, 11) is 0. The van der Waals surface area contributed by atoms with E-state index in [-0.39, 0.29) is 16.8 Å². The Hall–Kier alpha value is -2.15. The molecule has 6 nitrogen and oxygen atoms in total. The Labute approximate surface area is 132 Å². The van der Waals surface area contributed by atoms with E-state index < -0.39 is 5.97 Å². The third-order valence-electron chi connectivity index (χ3n) is 3.34. The van der Waals surface area contributed by atoms with Crippen molar-refractivity contribution in [3.63, 3.8) is 0 Å². The summed E-state index contributed by atoms with van der Waals surface area (Å²) >= 11 is 1.11. The largest absolute Gasteiger partial charge is 0.477 e. The minimum Gasteiger partial charge on any atom is -0.477 e. The molecule has 0 saturated heterocycles. The van der Waals surface area contributed by atoms with Crippen LogP contribution in [0.4, 0.5) is 0 Å². The number of carbonyl (C=O) groups excluding carboxylic acids is 1. The maximum atomic E-state index is 12.3. The number of aromatic carboxylic acids is 1. The number of carboxylic acid groups (broad SMARTS) is 1. The molecule has 0 bridgehead atoms. The van der Waals surface area contributed by atoms with Crippen LogP contribution in [-0.4, -0.2) is 32.6 Å². The van der Waals surface area contributed by atoms with Gasteiger partial charge in [-0.1, -0.05) is 6.92 Å². The van der Waals surface area contributed by atoms with Gasteiger partial charge in [-0.15, -0.1) is 11.3 Å². The van der Waals surface area contributed by atoms with E-state index >= 15 is 0 Å². The Balaban J connectivity index is 2.04. The van der Waals surface area contributed by atoms with Crippen molar-refractivity contribution in [1.29, 1.82) is 0 Å². The van der Waals surface area contributed by atoms with Gasteiger partial charge in [-0.25, -0.2) is 9.78 Å². The maximum Gasteiger partial charge on any atom is 0.345 e. The normalized spacial score (nSPS) is 12.1. The van der Waals surface area contributed by atoms with E-state index in [1.54, 1.807) is 13.1 Å². The van der Waals surface area contributed by atoms with Crippen LogP contribution >= 0.6 is 11.3 Å². The zero-order chi connectivity index (χ0) is 16.3. The van der Waals surface area contributed by atoms with Crippen LogP contribution in [0.25, 0.3) is 0 Å². The number of hydrogen-bond acceptors (Lipinski definition) is 4. The van der Waals surface area contributed by atoms with Crippen LogP contribution in [0.5, 0.6) is 0 Å². The molecule has 7 heteroatoms. The molecule has 2 aromatic rings. The molecular formula is C15H19N3O3S. The number of hydrogen-bond donors (Lipinski definition) is 2. The molecule has 118 valence electrons. The molecule has 0 radical (unpaired) electrons. The second kappa shape index (κ2) is 6.74. The lowest BCUT2D eigenvalue weighted by atomic mass is 10.2. The molecule has 2 rings (SSSR count). The number of rotatable bonds is 6. The van der Waals surface area contributed by atoms with Crippen molar-refractivity contribution in [2.45, 2.75) is 39.8 Å². The first-order valence-corrected chi connectivity index (χ1v) is 7.88. The van der Waals surface area contributed by atoms with Gasteiger partial charge < -0.3 is 15.0 Å². The van der Waals surface area contributed by atoms with Gasteiger partial charge in [-0.05, 0) is 19.9 Å². The molecule has 0 fully saturated rings. The highest BCUT2D eigenvalue weighted by molar-refractivity contribution is 7.14. The third-order valence-corrected chi connectivity index (χ3v) is 4.38. The van der Waals surface area contributed by atoms with E-state index in [9.17, 15) is 9.59 Å². The van der Waals surface area contributed by atoms with Gasteiger partial charge in [0.25, 0.3) is 5.91 Å². The molecule has 0 saturated carbocycles. The van der Waals surface area contributed by atoms with Crippen LogP contribution in [0, 0.1) is 6.92 Å². The number of amides is 1. The maximum absolute atomic E-state index is 12.3. The fourth-order valence-corrected chi connectivity index (χ4v) is 3.13. The fraction of sp³-hybridized carbons (Fsp3) is 0.400. The third kappa shape index (κ3) is 3.54. The standard InChI is InChI=1S/C15H19N3O3S/c1-4-13-16-5-6-18(13)8-9(2)17-14(19)11-7-12(15(20)21)22-10(11)3/h5-7,9H,4,8H2,1-3H3,(H,17,19)(H,20,21). The highest BCUT2D eigenvalue weighted by atomic mass is 32.1. The van der Waals surface area contributed by atoms with Gasteiger partial charge in [0.2, 0.25) is 0 Å².